The second-order valence-corrected chi connectivity index (χ2v) is 2.76. The molecule has 1 unspecified atom stereocenters. The maximum Gasteiger partial charge on any atom is 0.139 e. The van der Waals surface area contributed by atoms with E-state index in [1.165, 1.54) is 6.92 Å². The number of rotatable bonds is 3. The third-order valence-electron chi connectivity index (χ3n) is 1.88. The van der Waals surface area contributed by atoms with Crippen molar-refractivity contribution in [2.45, 2.75) is 12.8 Å². The van der Waals surface area contributed by atoms with E-state index in [4.69, 9.17) is 5.11 Å². The Kier molecular flexibility index (Phi) is 3.00. The second kappa shape index (κ2) is 4.02. The Morgan fingerprint density at radius 1 is 1.42 bits per heavy atom. The minimum atomic E-state index is -0.355. The highest BCUT2D eigenvalue weighted by atomic mass is 16.3. The van der Waals surface area contributed by atoms with Crippen LogP contribution in [0.5, 0.6) is 0 Å². The van der Waals surface area contributed by atoms with Crippen molar-refractivity contribution in [3.05, 3.63) is 35.9 Å². The molecule has 64 valence electrons. The van der Waals surface area contributed by atoms with E-state index in [1.54, 1.807) is 0 Å². The van der Waals surface area contributed by atoms with Gasteiger partial charge in [-0.15, -0.1) is 0 Å². The van der Waals surface area contributed by atoms with Gasteiger partial charge in [-0.25, -0.2) is 0 Å². The first-order valence-electron chi connectivity index (χ1n) is 3.92. The molecule has 2 nitrogen and oxygen atoms in total. The van der Waals surface area contributed by atoms with Crippen molar-refractivity contribution in [2.24, 2.45) is 0 Å². The van der Waals surface area contributed by atoms with Crippen molar-refractivity contribution in [1.82, 2.24) is 0 Å². The molecule has 0 spiro atoms. The summed E-state index contributed by atoms with van der Waals surface area (Å²) in [5, 5.41) is 8.93. The number of aliphatic hydroxyl groups is 1. The van der Waals surface area contributed by atoms with Gasteiger partial charge in [-0.3, -0.25) is 4.79 Å². The summed E-state index contributed by atoms with van der Waals surface area (Å²) in [5.74, 6) is -0.352. The largest absolute Gasteiger partial charge is 0.395 e. The van der Waals surface area contributed by atoms with Crippen LogP contribution in [0.4, 0.5) is 0 Å². The summed E-state index contributed by atoms with van der Waals surface area (Å²) in [6, 6.07) is 9.31. The van der Waals surface area contributed by atoms with Crippen LogP contribution in [0, 0.1) is 0 Å². The lowest BCUT2D eigenvalue weighted by atomic mass is 9.97. The van der Waals surface area contributed by atoms with Gasteiger partial charge in [0.05, 0.1) is 12.5 Å². The molecule has 0 aliphatic heterocycles. The molecule has 0 aliphatic rings. The van der Waals surface area contributed by atoms with Crippen molar-refractivity contribution in [2.75, 3.05) is 6.61 Å². The zero-order chi connectivity index (χ0) is 8.97. The maximum atomic E-state index is 11.0. The van der Waals surface area contributed by atoms with Crippen LogP contribution < -0.4 is 0 Å². The van der Waals surface area contributed by atoms with Crippen LogP contribution in [-0.4, -0.2) is 17.5 Å². The molecule has 2 heteroatoms. The lowest BCUT2D eigenvalue weighted by Gasteiger charge is -2.09. The number of ketones is 1. The van der Waals surface area contributed by atoms with Crippen molar-refractivity contribution in [1.29, 1.82) is 0 Å². The van der Waals surface area contributed by atoms with Crippen molar-refractivity contribution < 1.29 is 9.90 Å². The van der Waals surface area contributed by atoms with Gasteiger partial charge in [0, 0.05) is 0 Å². The normalized spacial score (nSPS) is 12.5. The van der Waals surface area contributed by atoms with E-state index in [2.05, 4.69) is 0 Å². The summed E-state index contributed by atoms with van der Waals surface area (Å²) in [7, 11) is 0. The highest BCUT2D eigenvalue weighted by molar-refractivity contribution is 5.83. The average molecular weight is 164 g/mol. The summed E-state index contributed by atoms with van der Waals surface area (Å²) in [6.45, 7) is 1.38. The third kappa shape index (κ3) is 1.92. The number of aliphatic hydroxyl groups excluding tert-OH is 1. The Morgan fingerprint density at radius 2 is 2.00 bits per heavy atom. The predicted molar refractivity (Wildman–Crippen MR) is 46.9 cm³/mol. The molecular weight excluding hydrogens is 152 g/mol. The number of carbonyl (C=O) groups excluding carboxylic acids is 1. The van der Waals surface area contributed by atoms with Crippen LogP contribution in [0.15, 0.2) is 30.3 Å². The molecule has 0 aliphatic carbocycles. The molecule has 1 atom stereocenters. The summed E-state index contributed by atoms with van der Waals surface area (Å²) in [4.78, 5) is 11.0. The van der Waals surface area contributed by atoms with Crippen molar-refractivity contribution in [3.63, 3.8) is 0 Å². The van der Waals surface area contributed by atoms with E-state index in [-0.39, 0.29) is 18.3 Å². The molecule has 0 radical (unpaired) electrons. The van der Waals surface area contributed by atoms with E-state index in [1.807, 2.05) is 30.3 Å². The van der Waals surface area contributed by atoms with Gasteiger partial charge in [-0.1, -0.05) is 30.3 Å². The van der Waals surface area contributed by atoms with Crippen LogP contribution in [0.2, 0.25) is 0 Å². The monoisotopic (exact) mass is 164 g/mol. The van der Waals surface area contributed by atoms with Gasteiger partial charge in [-0.05, 0) is 12.5 Å². The minimum absolute atomic E-state index is 0.00343. The average Bonchev–Trinajstić information content (AvgIpc) is 2.07. The van der Waals surface area contributed by atoms with Gasteiger partial charge in [0.2, 0.25) is 0 Å². The zero-order valence-electron chi connectivity index (χ0n) is 7.03. The number of hydrogen-bond acceptors (Lipinski definition) is 2. The van der Waals surface area contributed by atoms with Gasteiger partial charge in [0.1, 0.15) is 5.78 Å². The Morgan fingerprint density at radius 3 is 2.42 bits per heavy atom. The molecule has 0 amide bonds. The standard InChI is InChI=1S/C10H12O2/c1-8(12)10(7-11)9-5-3-2-4-6-9/h2-6,10-11H,7H2,1H3. The summed E-state index contributed by atoms with van der Waals surface area (Å²) in [6.07, 6.45) is 0. The van der Waals surface area contributed by atoms with Gasteiger partial charge in [0.25, 0.3) is 0 Å². The van der Waals surface area contributed by atoms with Crippen molar-refractivity contribution >= 4 is 5.78 Å². The van der Waals surface area contributed by atoms with E-state index in [0.29, 0.717) is 0 Å². The molecule has 0 fully saturated rings. The molecule has 1 rings (SSSR count). The number of carbonyl (C=O) groups is 1. The lowest BCUT2D eigenvalue weighted by molar-refractivity contribution is -0.119. The van der Waals surface area contributed by atoms with Crippen LogP contribution in [-0.2, 0) is 4.79 Å². The first-order chi connectivity index (χ1) is 5.75. The van der Waals surface area contributed by atoms with Gasteiger partial charge in [0.15, 0.2) is 0 Å². The van der Waals surface area contributed by atoms with E-state index in [9.17, 15) is 4.79 Å². The summed E-state index contributed by atoms with van der Waals surface area (Å²) >= 11 is 0. The topological polar surface area (TPSA) is 37.3 Å². The highest BCUT2D eigenvalue weighted by Gasteiger charge is 2.14. The SMILES string of the molecule is CC(=O)C(CO)c1ccccc1. The fraction of sp³-hybridized carbons (Fsp3) is 0.300. The predicted octanol–water partition coefficient (Wildman–Crippen LogP) is 1.35. The molecule has 12 heavy (non-hydrogen) atoms. The van der Waals surface area contributed by atoms with E-state index >= 15 is 0 Å². The zero-order valence-corrected chi connectivity index (χ0v) is 7.03. The lowest BCUT2D eigenvalue weighted by Crippen LogP contribution is -2.12. The van der Waals surface area contributed by atoms with E-state index in [0.717, 1.165) is 5.56 Å². The Hall–Kier alpha value is -1.15. The van der Waals surface area contributed by atoms with Crippen LogP contribution in [0.25, 0.3) is 0 Å². The first-order valence-corrected chi connectivity index (χ1v) is 3.92. The third-order valence-corrected chi connectivity index (χ3v) is 1.88. The van der Waals surface area contributed by atoms with Crippen LogP contribution in [0.1, 0.15) is 18.4 Å². The minimum Gasteiger partial charge on any atom is -0.395 e. The molecule has 0 aromatic heterocycles. The van der Waals surface area contributed by atoms with E-state index < -0.39 is 0 Å². The first kappa shape index (κ1) is 8.94. The second-order valence-electron chi connectivity index (χ2n) is 2.76. The maximum absolute atomic E-state index is 11.0. The number of benzene rings is 1. The van der Waals surface area contributed by atoms with Crippen LogP contribution >= 0.6 is 0 Å². The number of Topliss-reactive ketones (excluding diaryl/α,β-unsaturated/α-hetero) is 1. The number of hydrogen-bond donors (Lipinski definition) is 1. The molecule has 1 aromatic carbocycles. The Balaban J connectivity index is 2.88. The molecule has 1 N–H and O–H groups in total. The van der Waals surface area contributed by atoms with Gasteiger partial charge in [-0.2, -0.15) is 0 Å². The smallest absolute Gasteiger partial charge is 0.139 e. The Labute approximate surface area is 71.8 Å². The fourth-order valence-electron chi connectivity index (χ4n) is 1.15. The molecule has 0 bridgehead atoms. The summed E-state index contributed by atoms with van der Waals surface area (Å²) in [5.41, 5.74) is 0.882. The molecule has 0 saturated heterocycles. The van der Waals surface area contributed by atoms with Crippen molar-refractivity contribution in [3.8, 4) is 0 Å². The molecule has 0 saturated carbocycles. The molecular formula is C10H12O2. The molecule has 1 aromatic rings. The summed E-state index contributed by atoms with van der Waals surface area (Å²) < 4.78 is 0. The highest BCUT2D eigenvalue weighted by Crippen LogP contribution is 2.14. The van der Waals surface area contributed by atoms with Gasteiger partial charge < -0.3 is 5.11 Å². The quantitative estimate of drug-likeness (QED) is 0.732. The Bertz CT molecular complexity index is 254. The van der Waals surface area contributed by atoms with Gasteiger partial charge >= 0.3 is 0 Å². The fourth-order valence-corrected chi connectivity index (χ4v) is 1.15. The molecule has 0 heterocycles. The van der Waals surface area contributed by atoms with Crippen LogP contribution in [0.3, 0.4) is 0 Å².